The fourth-order valence-electron chi connectivity index (χ4n) is 3.14. The van der Waals surface area contributed by atoms with Crippen LogP contribution in [0, 0.1) is 6.92 Å². The summed E-state index contributed by atoms with van der Waals surface area (Å²) in [4.78, 5) is 26.9. The number of rotatable bonds is 9. The van der Waals surface area contributed by atoms with Crippen molar-refractivity contribution in [1.29, 1.82) is 0 Å². The molecule has 0 aliphatic heterocycles. The molecule has 6 nitrogen and oxygen atoms in total. The molecule has 0 saturated carbocycles. The average molecular weight is 398 g/mol. The highest BCUT2D eigenvalue weighted by molar-refractivity contribution is 5.96. The van der Waals surface area contributed by atoms with Gasteiger partial charge in [0, 0.05) is 5.69 Å². The molecule has 2 N–H and O–H groups in total. The lowest BCUT2D eigenvalue weighted by Gasteiger charge is -2.21. The van der Waals surface area contributed by atoms with Crippen LogP contribution in [0.1, 0.15) is 37.8 Å². The molecular formula is C23H31N3O3. The first-order valence-corrected chi connectivity index (χ1v) is 9.90. The summed E-state index contributed by atoms with van der Waals surface area (Å²) in [6, 6.07) is 13.3. The molecule has 2 amide bonds. The van der Waals surface area contributed by atoms with Gasteiger partial charge in [0.1, 0.15) is 5.75 Å². The van der Waals surface area contributed by atoms with Crippen molar-refractivity contribution in [3.05, 3.63) is 53.6 Å². The lowest BCUT2D eigenvalue weighted by molar-refractivity contribution is -0.119. The number of hydrogen-bond donors (Lipinski definition) is 2. The van der Waals surface area contributed by atoms with Crippen LogP contribution in [0.15, 0.2) is 42.5 Å². The molecule has 0 heterocycles. The van der Waals surface area contributed by atoms with Crippen LogP contribution in [0.2, 0.25) is 0 Å². The normalized spacial score (nSPS) is 10.9. The van der Waals surface area contributed by atoms with Crippen LogP contribution < -0.4 is 15.4 Å². The summed E-state index contributed by atoms with van der Waals surface area (Å²) in [6.45, 7) is 8.96. The van der Waals surface area contributed by atoms with E-state index in [1.807, 2.05) is 44.2 Å². The summed E-state index contributed by atoms with van der Waals surface area (Å²) in [5.41, 5.74) is 3.61. The van der Waals surface area contributed by atoms with Gasteiger partial charge in [0.15, 0.2) is 0 Å². The van der Waals surface area contributed by atoms with Crippen LogP contribution in [-0.2, 0) is 9.59 Å². The van der Waals surface area contributed by atoms with Crippen molar-refractivity contribution in [2.45, 2.75) is 33.6 Å². The number of carbonyl (C=O) groups is 2. The summed E-state index contributed by atoms with van der Waals surface area (Å²) in [7, 11) is 1.56. The van der Waals surface area contributed by atoms with E-state index in [1.54, 1.807) is 24.1 Å². The Morgan fingerprint density at radius 2 is 1.66 bits per heavy atom. The van der Waals surface area contributed by atoms with E-state index in [1.165, 1.54) is 0 Å². The van der Waals surface area contributed by atoms with Gasteiger partial charge < -0.3 is 15.4 Å². The first kappa shape index (κ1) is 22.4. The Hall–Kier alpha value is -2.86. The number of ether oxygens (including phenoxy) is 1. The fraction of sp³-hybridized carbons (Fsp3) is 0.391. The second kappa shape index (κ2) is 10.6. The Balaban J connectivity index is 1.99. The predicted octanol–water partition coefficient (Wildman–Crippen LogP) is 4.03. The third-order valence-corrected chi connectivity index (χ3v) is 4.75. The molecule has 0 radical (unpaired) electrons. The highest BCUT2D eigenvalue weighted by atomic mass is 16.5. The first-order valence-electron chi connectivity index (χ1n) is 9.90. The molecule has 0 unspecified atom stereocenters. The molecule has 0 aliphatic carbocycles. The second-order valence-corrected chi connectivity index (χ2v) is 7.29. The van der Waals surface area contributed by atoms with E-state index < -0.39 is 0 Å². The molecule has 0 aromatic heterocycles. The minimum absolute atomic E-state index is 0.118. The number of amides is 2. The number of nitrogens with one attached hydrogen (secondary N) is 2. The number of hydrogen-bond acceptors (Lipinski definition) is 4. The predicted molar refractivity (Wildman–Crippen MR) is 118 cm³/mol. The zero-order chi connectivity index (χ0) is 21.4. The smallest absolute Gasteiger partial charge is 0.238 e. The van der Waals surface area contributed by atoms with Crippen LogP contribution in [0.4, 0.5) is 11.4 Å². The number of para-hydroxylation sites is 3. The molecule has 0 saturated heterocycles. The Kier molecular flexibility index (Phi) is 8.21. The molecule has 0 bridgehead atoms. The van der Waals surface area contributed by atoms with Gasteiger partial charge in [-0.1, -0.05) is 51.1 Å². The molecule has 29 heavy (non-hydrogen) atoms. The lowest BCUT2D eigenvalue weighted by Crippen LogP contribution is -2.38. The summed E-state index contributed by atoms with van der Waals surface area (Å²) >= 11 is 0. The van der Waals surface area contributed by atoms with E-state index in [9.17, 15) is 9.59 Å². The Morgan fingerprint density at radius 1 is 1.00 bits per heavy atom. The minimum Gasteiger partial charge on any atom is -0.495 e. The van der Waals surface area contributed by atoms with Crippen LogP contribution in [-0.4, -0.2) is 43.5 Å². The van der Waals surface area contributed by atoms with Crippen LogP contribution in [0.5, 0.6) is 5.75 Å². The van der Waals surface area contributed by atoms with Crippen molar-refractivity contribution in [3.63, 3.8) is 0 Å². The van der Waals surface area contributed by atoms with Crippen molar-refractivity contribution in [2.75, 3.05) is 37.4 Å². The molecule has 0 aliphatic rings. The average Bonchev–Trinajstić information content (AvgIpc) is 2.69. The molecular weight excluding hydrogens is 366 g/mol. The SMILES string of the molecule is CCN(CC(=O)Nc1ccccc1OC)CC(=O)Nc1c(C)cccc1C(C)C. The quantitative estimate of drug-likeness (QED) is 0.670. The van der Waals surface area contributed by atoms with Gasteiger partial charge in [0.05, 0.1) is 25.9 Å². The monoisotopic (exact) mass is 397 g/mol. The molecule has 2 rings (SSSR count). The van der Waals surface area contributed by atoms with Crippen molar-refractivity contribution in [1.82, 2.24) is 4.90 Å². The third kappa shape index (κ3) is 6.32. The van der Waals surface area contributed by atoms with Gasteiger partial charge in [-0.05, 0) is 42.6 Å². The summed E-state index contributed by atoms with van der Waals surface area (Å²) in [5, 5.41) is 5.88. The third-order valence-electron chi connectivity index (χ3n) is 4.75. The van der Waals surface area contributed by atoms with Gasteiger partial charge in [0.25, 0.3) is 0 Å². The Bertz CT molecular complexity index is 849. The molecule has 0 atom stereocenters. The Morgan fingerprint density at radius 3 is 2.28 bits per heavy atom. The number of nitrogens with zero attached hydrogens (tertiary/aromatic N) is 1. The number of anilines is 2. The van der Waals surface area contributed by atoms with Crippen molar-refractivity contribution >= 4 is 23.2 Å². The molecule has 156 valence electrons. The van der Waals surface area contributed by atoms with E-state index in [0.717, 1.165) is 16.8 Å². The number of benzene rings is 2. The van der Waals surface area contributed by atoms with Gasteiger partial charge in [-0.2, -0.15) is 0 Å². The highest BCUT2D eigenvalue weighted by Gasteiger charge is 2.17. The van der Waals surface area contributed by atoms with E-state index in [-0.39, 0.29) is 24.9 Å². The second-order valence-electron chi connectivity index (χ2n) is 7.29. The van der Waals surface area contributed by atoms with Gasteiger partial charge in [-0.3, -0.25) is 14.5 Å². The van der Waals surface area contributed by atoms with Crippen LogP contribution in [0.3, 0.4) is 0 Å². The van der Waals surface area contributed by atoms with E-state index >= 15 is 0 Å². The summed E-state index contributed by atoms with van der Waals surface area (Å²) in [5.74, 6) is 0.581. The molecule has 2 aromatic rings. The maximum atomic E-state index is 12.6. The van der Waals surface area contributed by atoms with Gasteiger partial charge in [0.2, 0.25) is 11.8 Å². The van der Waals surface area contributed by atoms with E-state index in [0.29, 0.717) is 23.9 Å². The number of carbonyl (C=O) groups excluding carboxylic acids is 2. The Labute approximate surface area is 173 Å². The standard InChI is InChI=1S/C23H31N3O3/c1-6-26(14-21(27)24-19-12-7-8-13-20(19)29-5)15-22(28)25-23-17(4)10-9-11-18(23)16(2)3/h7-13,16H,6,14-15H2,1-5H3,(H,24,27)(H,25,28). The largest absolute Gasteiger partial charge is 0.495 e. The maximum absolute atomic E-state index is 12.6. The molecule has 2 aromatic carbocycles. The zero-order valence-corrected chi connectivity index (χ0v) is 17.9. The topological polar surface area (TPSA) is 70.7 Å². The van der Waals surface area contributed by atoms with Crippen molar-refractivity contribution < 1.29 is 14.3 Å². The summed E-state index contributed by atoms with van der Waals surface area (Å²) in [6.07, 6.45) is 0. The molecule has 0 spiro atoms. The number of likely N-dealkylation sites (N-methyl/N-ethyl adjacent to an activating group) is 1. The molecule has 0 fully saturated rings. The van der Waals surface area contributed by atoms with Gasteiger partial charge in [-0.15, -0.1) is 0 Å². The van der Waals surface area contributed by atoms with Crippen LogP contribution >= 0.6 is 0 Å². The fourth-order valence-corrected chi connectivity index (χ4v) is 3.14. The number of methoxy groups -OCH3 is 1. The highest BCUT2D eigenvalue weighted by Crippen LogP contribution is 2.27. The summed E-state index contributed by atoms with van der Waals surface area (Å²) < 4.78 is 5.26. The van der Waals surface area contributed by atoms with Crippen molar-refractivity contribution in [2.24, 2.45) is 0 Å². The first-order chi connectivity index (χ1) is 13.8. The number of aryl methyl sites for hydroxylation is 1. The van der Waals surface area contributed by atoms with E-state index in [4.69, 9.17) is 4.74 Å². The minimum atomic E-state index is -0.192. The molecule has 6 heteroatoms. The van der Waals surface area contributed by atoms with Gasteiger partial charge >= 0.3 is 0 Å². The zero-order valence-electron chi connectivity index (χ0n) is 17.9. The van der Waals surface area contributed by atoms with Crippen molar-refractivity contribution in [3.8, 4) is 5.75 Å². The lowest BCUT2D eigenvalue weighted by atomic mass is 9.98. The maximum Gasteiger partial charge on any atom is 0.238 e. The van der Waals surface area contributed by atoms with Crippen LogP contribution in [0.25, 0.3) is 0 Å². The van der Waals surface area contributed by atoms with Gasteiger partial charge in [-0.25, -0.2) is 0 Å². The van der Waals surface area contributed by atoms with E-state index in [2.05, 4.69) is 24.5 Å².